The largest absolute Gasteiger partial charge is 0.383 e. The maximum atomic E-state index is 5.24. The van der Waals surface area contributed by atoms with Gasteiger partial charge in [0.1, 0.15) is 0 Å². The number of fused-ring (bicyclic) bond motifs is 1. The minimum absolute atomic E-state index is 0.605. The van der Waals surface area contributed by atoms with Gasteiger partial charge in [-0.15, -0.1) is 0 Å². The molecule has 2 aromatic rings. The summed E-state index contributed by atoms with van der Waals surface area (Å²) in [6, 6.07) is 2.70. The zero-order valence-electron chi connectivity index (χ0n) is 15.3. The average Bonchev–Trinajstić information content (AvgIpc) is 2.96. The Morgan fingerprint density at radius 3 is 2.83 bits per heavy atom. The third-order valence-corrected chi connectivity index (χ3v) is 4.94. The van der Waals surface area contributed by atoms with Crippen molar-refractivity contribution < 1.29 is 4.74 Å². The second kappa shape index (κ2) is 7.59. The smallest absolute Gasteiger partial charge is 0.234 e. The van der Waals surface area contributed by atoms with Gasteiger partial charge in [-0.1, -0.05) is 6.92 Å². The van der Waals surface area contributed by atoms with E-state index in [9.17, 15) is 0 Å². The highest BCUT2D eigenvalue weighted by atomic mass is 16.5. The lowest BCUT2D eigenvalue weighted by Crippen LogP contribution is -2.53. The van der Waals surface area contributed by atoms with Crippen LogP contribution in [0, 0.1) is 13.8 Å². The van der Waals surface area contributed by atoms with E-state index in [1.807, 2.05) is 6.92 Å². The molecule has 0 aliphatic carbocycles. The van der Waals surface area contributed by atoms with Crippen LogP contribution < -0.4 is 0 Å². The van der Waals surface area contributed by atoms with E-state index in [4.69, 9.17) is 9.72 Å². The molecule has 1 aliphatic rings. The van der Waals surface area contributed by atoms with E-state index in [0.29, 0.717) is 6.04 Å². The number of aromatic nitrogens is 3. The van der Waals surface area contributed by atoms with Gasteiger partial charge in [0.05, 0.1) is 12.3 Å². The van der Waals surface area contributed by atoms with Gasteiger partial charge in [-0.25, -0.2) is 9.97 Å². The van der Waals surface area contributed by atoms with Crippen molar-refractivity contribution in [3.63, 3.8) is 0 Å². The van der Waals surface area contributed by atoms with Gasteiger partial charge in [-0.2, -0.15) is 0 Å². The number of rotatable bonds is 6. The first-order valence-corrected chi connectivity index (χ1v) is 8.88. The molecule has 0 spiro atoms. The molecule has 24 heavy (non-hydrogen) atoms. The van der Waals surface area contributed by atoms with E-state index in [-0.39, 0.29) is 0 Å². The molecule has 0 amide bonds. The Balaban J connectivity index is 1.67. The molecular formula is C18H29N5O. The van der Waals surface area contributed by atoms with Crippen LogP contribution in [0.5, 0.6) is 0 Å². The lowest BCUT2D eigenvalue weighted by Gasteiger charge is -2.40. The number of hydrogen-bond donors (Lipinski definition) is 0. The molecule has 3 heterocycles. The third-order valence-electron chi connectivity index (χ3n) is 4.94. The highest BCUT2D eigenvalue weighted by molar-refractivity contribution is 5.34. The third kappa shape index (κ3) is 3.77. The molecule has 1 fully saturated rings. The Morgan fingerprint density at radius 2 is 2.08 bits per heavy atom. The van der Waals surface area contributed by atoms with E-state index in [0.717, 1.165) is 56.5 Å². The summed E-state index contributed by atoms with van der Waals surface area (Å²) in [4.78, 5) is 14.3. The van der Waals surface area contributed by atoms with Gasteiger partial charge in [0.25, 0.3) is 0 Å². The Kier molecular flexibility index (Phi) is 5.48. The van der Waals surface area contributed by atoms with Gasteiger partial charge < -0.3 is 4.74 Å². The van der Waals surface area contributed by atoms with E-state index in [1.54, 1.807) is 7.11 Å². The number of imidazole rings is 1. The van der Waals surface area contributed by atoms with Crippen LogP contribution in [0.1, 0.15) is 30.4 Å². The first-order valence-electron chi connectivity index (χ1n) is 8.88. The molecule has 0 N–H and O–H groups in total. The van der Waals surface area contributed by atoms with Crippen molar-refractivity contribution >= 4 is 5.78 Å². The predicted molar refractivity (Wildman–Crippen MR) is 95.3 cm³/mol. The van der Waals surface area contributed by atoms with Crippen LogP contribution in [0.15, 0.2) is 12.3 Å². The van der Waals surface area contributed by atoms with Crippen molar-refractivity contribution in [2.75, 3.05) is 39.9 Å². The van der Waals surface area contributed by atoms with Gasteiger partial charge >= 0.3 is 0 Å². The average molecular weight is 331 g/mol. The molecule has 132 valence electrons. The fraction of sp³-hybridized carbons (Fsp3) is 0.667. The van der Waals surface area contributed by atoms with Gasteiger partial charge in [0.2, 0.25) is 5.78 Å². The summed E-state index contributed by atoms with van der Waals surface area (Å²) in [6.45, 7) is 12.4. The molecule has 6 nitrogen and oxygen atoms in total. The van der Waals surface area contributed by atoms with E-state index in [1.165, 1.54) is 12.1 Å². The van der Waals surface area contributed by atoms with Gasteiger partial charge in [-0.3, -0.25) is 14.2 Å². The maximum absolute atomic E-state index is 5.24. The molecule has 1 aliphatic heterocycles. The summed E-state index contributed by atoms with van der Waals surface area (Å²) < 4.78 is 7.33. The lowest BCUT2D eigenvalue weighted by molar-refractivity contribution is 0.0461. The molecule has 2 aromatic heterocycles. The van der Waals surface area contributed by atoms with Crippen molar-refractivity contribution in [1.82, 2.24) is 24.2 Å². The number of methoxy groups -OCH3 is 1. The summed E-state index contributed by atoms with van der Waals surface area (Å²) in [7, 11) is 1.78. The van der Waals surface area contributed by atoms with E-state index in [2.05, 4.69) is 45.3 Å². The highest BCUT2D eigenvalue weighted by Gasteiger charge is 2.25. The van der Waals surface area contributed by atoms with Gasteiger partial charge in [0, 0.05) is 63.5 Å². The second-order valence-corrected chi connectivity index (χ2v) is 6.77. The fourth-order valence-corrected chi connectivity index (χ4v) is 3.61. The Bertz CT molecular complexity index is 683. The van der Waals surface area contributed by atoms with Crippen LogP contribution >= 0.6 is 0 Å². The zero-order valence-corrected chi connectivity index (χ0v) is 15.3. The summed E-state index contributed by atoms with van der Waals surface area (Å²) in [6.07, 6.45) is 3.31. The minimum atomic E-state index is 0.605. The molecule has 0 aromatic carbocycles. The van der Waals surface area contributed by atoms with E-state index >= 15 is 0 Å². The van der Waals surface area contributed by atoms with Crippen LogP contribution in [-0.2, 0) is 11.3 Å². The molecule has 1 saturated heterocycles. The normalized spacial score (nSPS) is 20.1. The van der Waals surface area contributed by atoms with Crippen molar-refractivity contribution in [1.29, 1.82) is 0 Å². The minimum Gasteiger partial charge on any atom is -0.383 e. The Morgan fingerprint density at radius 1 is 1.25 bits per heavy atom. The highest BCUT2D eigenvalue weighted by Crippen LogP contribution is 2.16. The monoisotopic (exact) mass is 331 g/mol. The van der Waals surface area contributed by atoms with Crippen molar-refractivity contribution in [2.45, 2.75) is 39.8 Å². The van der Waals surface area contributed by atoms with Gasteiger partial charge in [0.15, 0.2) is 0 Å². The van der Waals surface area contributed by atoms with Crippen LogP contribution in [0.4, 0.5) is 0 Å². The van der Waals surface area contributed by atoms with Crippen molar-refractivity contribution in [2.24, 2.45) is 0 Å². The number of ether oxygens (including phenoxy) is 1. The first kappa shape index (κ1) is 17.3. The number of nitrogens with zero attached hydrogens (tertiary/aromatic N) is 5. The fourth-order valence-electron chi connectivity index (χ4n) is 3.61. The molecule has 0 radical (unpaired) electrons. The molecule has 0 saturated carbocycles. The standard InChI is InChI=1S/C18H29N5O/c1-5-17-13-21(6-7-22(17)8-9-24-4)11-16-12-23-15(3)10-14(2)19-18(23)20-16/h10,12,17H,5-9,11,13H2,1-4H3/t17-/m1/s1. The van der Waals surface area contributed by atoms with Crippen molar-refractivity contribution in [3.8, 4) is 0 Å². The van der Waals surface area contributed by atoms with Crippen molar-refractivity contribution in [3.05, 3.63) is 29.3 Å². The quantitative estimate of drug-likeness (QED) is 0.809. The van der Waals surface area contributed by atoms with Crippen LogP contribution in [0.25, 0.3) is 5.78 Å². The van der Waals surface area contributed by atoms with E-state index < -0.39 is 0 Å². The molecular weight excluding hydrogens is 302 g/mol. The SMILES string of the molecule is CC[C@@H]1CN(Cc2cn3c(C)cc(C)nc3n2)CCN1CCOC. The molecule has 3 rings (SSSR count). The summed E-state index contributed by atoms with van der Waals surface area (Å²) >= 11 is 0. The van der Waals surface area contributed by atoms with Gasteiger partial charge in [-0.05, 0) is 26.3 Å². The second-order valence-electron chi connectivity index (χ2n) is 6.77. The van der Waals surface area contributed by atoms with Crippen LogP contribution in [-0.4, -0.2) is 70.1 Å². The Hall–Kier alpha value is -1.50. The Labute approximate surface area is 144 Å². The number of aryl methyl sites for hydroxylation is 2. The lowest BCUT2D eigenvalue weighted by atomic mass is 10.1. The molecule has 0 bridgehead atoms. The van der Waals surface area contributed by atoms with Crippen LogP contribution in [0.3, 0.4) is 0 Å². The van der Waals surface area contributed by atoms with Crippen LogP contribution in [0.2, 0.25) is 0 Å². The molecule has 0 unspecified atom stereocenters. The molecule has 1 atom stereocenters. The predicted octanol–water partition coefficient (Wildman–Crippen LogP) is 1.89. The number of piperazine rings is 1. The summed E-state index contributed by atoms with van der Waals surface area (Å²) in [5, 5.41) is 0. The summed E-state index contributed by atoms with van der Waals surface area (Å²) in [5.41, 5.74) is 3.32. The molecule has 6 heteroatoms. The maximum Gasteiger partial charge on any atom is 0.234 e. The zero-order chi connectivity index (χ0) is 17.1. The topological polar surface area (TPSA) is 45.9 Å². The first-order chi connectivity index (χ1) is 11.6. The summed E-state index contributed by atoms with van der Waals surface area (Å²) in [5.74, 6) is 0.813. The number of hydrogen-bond acceptors (Lipinski definition) is 5.